The number of allylic oxidation sites excluding steroid dienone is 1. The highest BCUT2D eigenvalue weighted by Crippen LogP contribution is 2.77. The maximum Gasteiger partial charge on any atom is 0.331 e. The molecule has 17 heavy (non-hydrogen) atoms. The highest BCUT2D eigenvalue weighted by atomic mass is 16.4. The third kappa shape index (κ3) is 0.974. The summed E-state index contributed by atoms with van der Waals surface area (Å²) in [6, 6.07) is 0. The highest BCUT2D eigenvalue weighted by Gasteiger charge is 2.70. The zero-order valence-electron chi connectivity index (χ0n) is 11.0. The highest BCUT2D eigenvalue weighted by molar-refractivity contribution is 5.90. The second kappa shape index (κ2) is 2.96. The van der Waals surface area contributed by atoms with Gasteiger partial charge in [-0.15, -0.1) is 0 Å². The lowest BCUT2D eigenvalue weighted by atomic mass is 9.55. The van der Waals surface area contributed by atoms with Crippen LogP contribution in [0, 0.1) is 22.2 Å². The van der Waals surface area contributed by atoms with Gasteiger partial charge in [0.15, 0.2) is 0 Å². The van der Waals surface area contributed by atoms with Gasteiger partial charge in [0.1, 0.15) is 0 Å². The van der Waals surface area contributed by atoms with Crippen LogP contribution in [-0.4, -0.2) is 11.1 Å². The van der Waals surface area contributed by atoms with E-state index in [9.17, 15) is 9.90 Å². The molecule has 2 heteroatoms. The Morgan fingerprint density at radius 3 is 2.71 bits per heavy atom. The van der Waals surface area contributed by atoms with Gasteiger partial charge in [-0.3, -0.25) is 0 Å². The van der Waals surface area contributed by atoms with Crippen LogP contribution >= 0.6 is 0 Å². The summed E-state index contributed by atoms with van der Waals surface area (Å²) >= 11 is 0. The Bertz CT molecular complexity index is 425. The lowest BCUT2D eigenvalue weighted by Gasteiger charge is -2.47. The van der Waals surface area contributed by atoms with Crippen molar-refractivity contribution in [3.8, 4) is 0 Å². The van der Waals surface area contributed by atoms with Gasteiger partial charge in [-0.2, -0.15) is 0 Å². The molecule has 0 aliphatic heterocycles. The molecule has 4 unspecified atom stereocenters. The summed E-state index contributed by atoms with van der Waals surface area (Å²) in [6.07, 6.45) is 8.02. The predicted octanol–water partition coefficient (Wildman–Crippen LogP) is 3.62. The van der Waals surface area contributed by atoms with Crippen LogP contribution in [0.15, 0.2) is 11.6 Å². The summed E-state index contributed by atoms with van der Waals surface area (Å²) in [6.45, 7) is 6.86. The summed E-state index contributed by atoms with van der Waals surface area (Å²) in [7, 11) is 0. The molecule has 3 aliphatic carbocycles. The van der Waals surface area contributed by atoms with Gasteiger partial charge in [0.2, 0.25) is 0 Å². The first-order valence-corrected chi connectivity index (χ1v) is 6.84. The second-order valence-electron chi connectivity index (χ2n) is 6.88. The summed E-state index contributed by atoms with van der Waals surface area (Å²) in [5.41, 5.74) is 0.992. The molecule has 0 radical (unpaired) electrons. The normalized spacial score (nSPS) is 52.2. The van der Waals surface area contributed by atoms with E-state index >= 15 is 0 Å². The van der Waals surface area contributed by atoms with E-state index in [1.54, 1.807) is 0 Å². The molecule has 1 N–H and O–H groups in total. The summed E-state index contributed by atoms with van der Waals surface area (Å²) < 4.78 is 0. The van der Waals surface area contributed by atoms with Crippen molar-refractivity contribution >= 4 is 5.97 Å². The standard InChI is InChI=1S/C15H22O2/c1-10-5-8-14(3)11(12(16)17)9-13(2)6-4-7-15(10,13)14/h9-10H,4-8H2,1-3H3,(H,16,17). The van der Waals surface area contributed by atoms with Gasteiger partial charge in [0.05, 0.1) is 0 Å². The minimum atomic E-state index is -0.684. The number of aliphatic carboxylic acids is 1. The van der Waals surface area contributed by atoms with E-state index in [1.807, 2.05) is 0 Å². The van der Waals surface area contributed by atoms with Crippen LogP contribution in [0.25, 0.3) is 0 Å². The molecule has 94 valence electrons. The van der Waals surface area contributed by atoms with Gasteiger partial charge >= 0.3 is 5.97 Å². The topological polar surface area (TPSA) is 37.3 Å². The second-order valence-corrected chi connectivity index (χ2v) is 6.88. The zero-order valence-corrected chi connectivity index (χ0v) is 11.0. The molecule has 2 fully saturated rings. The molecule has 0 saturated heterocycles. The van der Waals surface area contributed by atoms with Crippen LogP contribution in [-0.2, 0) is 4.79 Å². The molecule has 3 aliphatic rings. The van der Waals surface area contributed by atoms with Crippen molar-refractivity contribution in [2.45, 2.75) is 52.9 Å². The van der Waals surface area contributed by atoms with Gasteiger partial charge in [-0.25, -0.2) is 4.79 Å². The lowest BCUT2D eigenvalue weighted by Crippen LogP contribution is -2.43. The maximum atomic E-state index is 11.6. The van der Waals surface area contributed by atoms with E-state index in [1.165, 1.54) is 25.7 Å². The third-order valence-electron chi connectivity index (χ3n) is 6.48. The molecule has 0 heterocycles. The largest absolute Gasteiger partial charge is 0.478 e. The molecule has 0 aromatic heterocycles. The first-order chi connectivity index (χ1) is 7.87. The van der Waals surface area contributed by atoms with E-state index in [0.29, 0.717) is 11.5 Å². The van der Waals surface area contributed by atoms with Crippen LogP contribution in [0.2, 0.25) is 0 Å². The molecule has 0 aromatic rings. The van der Waals surface area contributed by atoms with E-state index in [0.717, 1.165) is 6.42 Å². The summed E-state index contributed by atoms with van der Waals surface area (Å²) in [5.74, 6) is -0.0234. The number of carboxylic acids is 1. The van der Waals surface area contributed by atoms with Crippen molar-refractivity contribution < 1.29 is 9.90 Å². The summed E-state index contributed by atoms with van der Waals surface area (Å²) in [5, 5.41) is 9.51. The molecule has 0 aromatic carbocycles. The van der Waals surface area contributed by atoms with E-state index in [2.05, 4.69) is 26.8 Å². The Morgan fingerprint density at radius 1 is 1.35 bits per heavy atom. The van der Waals surface area contributed by atoms with E-state index in [-0.39, 0.29) is 16.2 Å². The quantitative estimate of drug-likeness (QED) is 0.752. The molecule has 2 saturated carbocycles. The van der Waals surface area contributed by atoms with Crippen molar-refractivity contribution in [2.75, 3.05) is 0 Å². The van der Waals surface area contributed by atoms with E-state index < -0.39 is 5.97 Å². The minimum absolute atomic E-state index is 0.0799. The minimum Gasteiger partial charge on any atom is -0.478 e. The maximum absolute atomic E-state index is 11.6. The van der Waals surface area contributed by atoms with Gasteiger partial charge in [-0.1, -0.05) is 33.3 Å². The molecule has 1 spiro atoms. The van der Waals surface area contributed by atoms with Crippen molar-refractivity contribution in [1.82, 2.24) is 0 Å². The van der Waals surface area contributed by atoms with Crippen LogP contribution in [0.4, 0.5) is 0 Å². The SMILES string of the molecule is CC1CCC2(C)C(C(=O)O)=CC3(C)CCCC132. The monoisotopic (exact) mass is 234 g/mol. The van der Waals surface area contributed by atoms with Crippen molar-refractivity contribution in [2.24, 2.45) is 22.2 Å². The fraction of sp³-hybridized carbons (Fsp3) is 0.800. The zero-order chi connectivity index (χ0) is 12.5. The molecule has 2 nitrogen and oxygen atoms in total. The van der Waals surface area contributed by atoms with Gasteiger partial charge < -0.3 is 5.11 Å². The number of rotatable bonds is 1. The fourth-order valence-electron chi connectivity index (χ4n) is 5.83. The van der Waals surface area contributed by atoms with Gasteiger partial charge in [-0.05, 0) is 42.4 Å². The Morgan fingerprint density at radius 2 is 2.06 bits per heavy atom. The Labute approximate surface area is 103 Å². The van der Waals surface area contributed by atoms with Crippen molar-refractivity contribution in [1.29, 1.82) is 0 Å². The van der Waals surface area contributed by atoms with Crippen molar-refractivity contribution in [3.63, 3.8) is 0 Å². The number of carboxylic acid groups (broad SMARTS) is 1. The number of hydrogen-bond donors (Lipinski definition) is 1. The average molecular weight is 234 g/mol. The smallest absolute Gasteiger partial charge is 0.331 e. The molecule has 3 rings (SSSR count). The average Bonchev–Trinajstić information content (AvgIpc) is 2.77. The Balaban J connectivity index is 2.22. The number of hydrogen-bond acceptors (Lipinski definition) is 1. The Hall–Kier alpha value is -0.790. The molecular weight excluding hydrogens is 212 g/mol. The molecular formula is C15H22O2. The Kier molecular flexibility index (Phi) is 1.97. The van der Waals surface area contributed by atoms with Crippen LogP contribution in [0.3, 0.4) is 0 Å². The predicted molar refractivity (Wildman–Crippen MR) is 66.6 cm³/mol. The van der Waals surface area contributed by atoms with Gasteiger partial charge in [0.25, 0.3) is 0 Å². The van der Waals surface area contributed by atoms with Crippen LogP contribution in [0.1, 0.15) is 52.9 Å². The fourth-order valence-corrected chi connectivity index (χ4v) is 5.83. The van der Waals surface area contributed by atoms with Crippen LogP contribution < -0.4 is 0 Å². The first-order valence-electron chi connectivity index (χ1n) is 6.84. The van der Waals surface area contributed by atoms with E-state index in [4.69, 9.17) is 0 Å². The van der Waals surface area contributed by atoms with Crippen LogP contribution in [0.5, 0.6) is 0 Å². The molecule has 0 bridgehead atoms. The lowest BCUT2D eigenvalue weighted by molar-refractivity contribution is -0.134. The molecule has 4 atom stereocenters. The summed E-state index contributed by atoms with van der Waals surface area (Å²) in [4.78, 5) is 11.6. The number of carbonyl (C=O) groups is 1. The first kappa shape index (κ1) is 11.3. The van der Waals surface area contributed by atoms with Crippen molar-refractivity contribution in [3.05, 3.63) is 11.6 Å². The third-order valence-corrected chi connectivity index (χ3v) is 6.48. The van der Waals surface area contributed by atoms with Gasteiger partial charge in [0, 0.05) is 11.0 Å². The molecule has 0 amide bonds.